The molecule has 1 aromatic rings. The largest absolute Gasteiger partial charge is 0.381 e. The van der Waals surface area contributed by atoms with Crippen LogP contribution in [-0.2, 0) is 15.1 Å². The lowest BCUT2D eigenvalue weighted by atomic mass is 9.93. The molecule has 3 aliphatic rings. The highest BCUT2D eigenvalue weighted by molar-refractivity contribution is 5.79. The van der Waals surface area contributed by atoms with Crippen LogP contribution in [0.3, 0.4) is 0 Å². The summed E-state index contributed by atoms with van der Waals surface area (Å²) >= 11 is 0. The Kier molecular flexibility index (Phi) is 5.96. The molecule has 0 radical (unpaired) electrons. The van der Waals surface area contributed by atoms with Gasteiger partial charge in [0, 0.05) is 32.2 Å². The molecule has 4 rings (SSSR count). The number of amides is 1. The first-order chi connectivity index (χ1) is 13.7. The Balaban J connectivity index is 1.62. The zero-order valence-corrected chi connectivity index (χ0v) is 17.3. The van der Waals surface area contributed by atoms with E-state index in [9.17, 15) is 4.79 Å². The lowest BCUT2D eigenvalue weighted by Crippen LogP contribution is -2.51. The van der Waals surface area contributed by atoms with Crippen molar-refractivity contribution in [2.45, 2.75) is 70.4 Å². The molecule has 1 amide bonds. The maximum atomic E-state index is 13.2. The average molecular weight is 391 g/mol. The maximum Gasteiger partial charge on any atom is 0.225 e. The van der Waals surface area contributed by atoms with Crippen molar-refractivity contribution in [2.24, 2.45) is 5.92 Å². The van der Waals surface area contributed by atoms with Crippen LogP contribution in [-0.4, -0.2) is 75.3 Å². The number of hydrogen-bond donors (Lipinski definition) is 0. The molecule has 8 nitrogen and oxygen atoms in total. The zero-order chi connectivity index (χ0) is 19.6. The first kappa shape index (κ1) is 19.8. The number of ether oxygens (including phenoxy) is 1. The average Bonchev–Trinajstić information content (AvgIpc) is 3.48. The molecule has 28 heavy (non-hydrogen) atoms. The first-order valence-corrected chi connectivity index (χ1v) is 11.1. The van der Waals surface area contributed by atoms with Gasteiger partial charge in [-0.05, 0) is 55.6 Å². The van der Waals surface area contributed by atoms with Crippen molar-refractivity contribution in [3.8, 4) is 0 Å². The van der Waals surface area contributed by atoms with E-state index in [1.807, 2.05) is 0 Å². The van der Waals surface area contributed by atoms with Crippen molar-refractivity contribution in [2.75, 3.05) is 39.4 Å². The van der Waals surface area contributed by atoms with Gasteiger partial charge < -0.3 is 9.64 Å². The highest BCUT2D eigenvalue weighted by Gasteiger charge is 2.50. The molecule has 0 spiro atoms. The molecule has 3 fully saturated rings. The van der Waals surface area contributed by atoms with Gasteiger partial charge in [-0.3, -0.25) is 9.69 Å². The van der Waals surface area contributed by atoms with E-state index in [1.165, 1.54) is 12.8 Å². The number of aromatic nitrogens is 4. The predicted molar refractivity (Wildman–Crippen MR) is 105 cm³/mol. The van der Waals surface area contributed by atoms with E-state index in [-0.39, 0.29) is 17.4 Å². The number of tetrazole rings is 1. The standard InChI is InChI=1S/C20H34N6O2/c1-3-25(4-2)20(19-21-22-23-26(19)17-7-5-6-8-17)11-12-24(15-20)18(27)16-9-13-28-14-10-16/h16-17H,3-15H2,1-2H3. The summed E-state index contributed by atoms with van der Waals surface area (Å²) in [5.74, 6) is 1.36. The van der Waals surface area contributed by atoms with Crippen molar-refractivity contribution < 1.29 is 9.53 Å². The maximum absolute atomic E-state index is 13.2. The molecule has 1 aromatic heterocycles. The highest BCUT2D eigenvalue weighted by Crippen LogP contribution is 2.40. The second-order valence-electron chi connectivity index (χ2n) is 8.49. The number of likely N-dealkylation sites (N-methyl/N-ethyl adjacent to an activating group) is 1. The van der Waals surface area contributed by atoms with Crippen LogP contribution < -0.4 is 0 Å². The Labute approximate surface area is 167 Å². The Bertz CT molecular complexity index is 663. The molecular formula is C20H34N6O2. The third-order valence-corrected chi connectivity index (χ3v) is 7.08. The van der Waals surface area contributed by atoms with Gasteiger partial charge >= 0.3 is 0 Å². The van der Waals surface area contributed by atoms with E-state index >= 15 is 0 Å². The monoisotopic (exact) mass is 390 g/mol. The van der Waals surface area contributed by atoms with E-state index < -0.39 is 0 Å². The Morgan fingerprint density at radius 2 is 1.89 bits per heavy atom. The van der Waals surface area contributed by atoms with Gasteiger partial charge in [0.05, 0.1) is 6.04 Å². The molecule has 0 aromatic carbocycles. The van der Waals surface area contributed by atoms with E-state index in [0.717, 1.165) is 57.6 Å². The van der Waals surface area contributed by atoms with Gasteiger partial charge in [0.25, 0.3) is 0 Å². The van der Waals surface area contributed by atoms with E-state index in [4.69, 9.17) is 4.74 Å². The molecule has 1 unspecified atom stereocenters. The van der Waals surface area contributed by atoms with Crippen LogP contribution in [0.1, 0.15) is 70.7 Å². The van der Waals surface area contributed by atoms with Crippen LogP contribution in [0.4, 0.5) is 0 Å². The highest BCUT2D eigenvalue weighted by atomic mass is 16.5. The second kappa shape index (κ2) is 8.45. The SMILES string of the molecule is CCN(CC)C1(c2nnnn2C2CCCC2)CCN(C(=O)C2CCOCC2)C1. The summed E-state index contributed by atoms with van der Waals surface area (Å²) in [7, 11) is 0. The third-order valence-electron chi connectivity index (χ3n) is 7.08. The summed E-state index contributed by atoms with van der Waals surface area (Å²) in [4.78, 5) is 17.7. The minimum absolute atomic E-state index is 0.104. The molecule has 2 saturated heterocycles. The lowest BCUT2D eigenvalue weighted by Gasteiger charge is -2.39. The van der Waals surface area contributed by atoms with Crippen molar-refractivity contribution in [1.82, 2.24) is 30.0 Å². The van der Waals surface area contributed by atoms with Crippen molar-refractivity contribution in [3.05, 3.63) is 5.82 Å². The molecule has 1 atom stereocenters. The van der Waals surface area contributed by atoms with E-state index in [2.05, 4.69) is 43.9 Å². The number of hydrogen-bond acceptors (Lipinski definition) is 6. The van der Waals surface area contributed by atoms with Crippen LogP contribution >= 0.6 is 0 Å². The quantitative estimate of drug-likeness (QED) is 0.739. The Hall–Kier alpha value is -1.54. The second-order valence-corrected chi connectivity index (χ2v) is 8.49. The van der Waals surface area contributed by atoms with Crippen LogP contribution in [0.2, 0.25) is 0 Å². The number of likely N-dealkylation sites (tertiary alicyclic amines) is 1. The summed E-state index contributed by atoms with van der Waals surface area (Å²) in [5, 5.41) is 13.0. The summed E-state index contributed by atoms with van der Waals surface area (Å²) < 4.78 is 7.54. The van der Waals surface area contributed by atoms with Crippen molar-refractivity contribution in [1.29, 1.82) is 0 Å². The summed E-state index contributed by atoms with van der Waals surface area (Å²) in [6, 6.07) is 0.401. The normalized spacial score (nSPS) is 27.2. The van der Waals surface area contributed by atoms with Gasteiger partial charge in [0.1, 0.15) is 5.54 Å². The van der Waals surface area contributed by atoms with Crippen LogP contribution in [0.25, 0.3) is 0 Å². The molecule has 8 heteroatoms. The lowest BCUT2D eigenvalue weighted by molar-refractivity contribution is -0.138. The molecule has 0 N–H and O–H groups in total. The number of rotatable bonds is 6. The minimum atomic E-state index is -0.281. The molecule has 1 saturated carbocycles. The third kappa shape index (κ3) is 3.45. The van der Waals surface area contributed by atoms with Crippen LogP contribution in [0.5, 0.6) is 0 Å². The first-order valence-electron chi connectivity index (χ1n) is 11.1. The van der Waals surface area contributed by atoms with Gasteiger partial charge in [-0.25, -0.2) is 4.68 Å². The van der Waals surface area contributed by atoms with Crippen LogP contribution in [0.15, 0.2) is 0 Å². The fraction of sp³-hybridized carbons (Fsp3) is 0.900. The molecule has 3 heterocycles. The minimum Gasteiger partial charge on any atom is -0.381 e. The van der Waals surface area contributed by atoms with Gasteiger partial charge in [0.2, 0.25) is 5.91 Å². The van der Waals surface area contributed by atoms with Gasteiger partial charge in [-0.2, -0.15) is 0 Å². The fourth-order valence-electron chi connectivity index (χ4n) is 5.49. The van der Waals surface area contributed by atoms with E-state index in [1.54, 1.807) is 0 Å². The summed E-state index contributed by atoms with van der Waals surface area (Å²) in [5.41, 5.74) is -0.281. The molecular weight excluding hydrogens is 356 g/mol. The van der Waals surface area contributed by atoms with Gasteiger partial charge in [-0.15, -0.1) is 5.10 Å². The van der Waals surface area contributed by atoms with E-state index in [0.29, 0.717) is 25.8 Å². The predicted octanol–water partition coefficient (Wildman–Crippen LogP) is 1.98. The zero-order valence-electron chi connectivity index (χ0n) is 17.3. The summed E-state index contributed by atoms with van der Waals surface area (Å²) in [6.45, 7) is 9.11. The fourth-order valence-corrected chi connectivity index (χ4v) is 5.49. The van der Waals surface area contributed by atoms with Gasteiger partial charge in [-0.1, -0.05) is 26.7 Å². The smallest absolute Gasteiger partial charge is 0.225 e. The molecule has 1 aliphatic carbocycles. The summed E-state index contributed by atoms with van der Waals surface area (Å²) in [6.07, 6.45) is 7.37. The van der Waals surface area contributed by atoms with Crippen molar-refractivity contribution in [3.63, 3.8) is 0 Å². The molecule has 2 aliphatic heterocycles. The molecule has 156 valence electrons. The topological polar surface area (TPSA) is 76.4 Å². The Morgan fingerprint density at radius 1 is 1.18 bits per heavy atom. The Morgan fingerprint density at radius 3 is 2.57 bits per heavy atom. The van der Waals surface area contributed by atoms with Gasteiger partial charge in [0.15, 0.2) is 5.82 Å². The number of nitrogens with zero attached hydrogens (tertiary/aromatic N) is 6. The molecule has 0 bridgehead atoms. The number of carbonyl (C=O) groups is 1. The number of carbonyl (C=O) groups excluding carboxylic acids is 1. The van der Waals surface area contributed by atoms with Crippen LogP contribution in [0, 0.1) is 5.92 Å². The van der Waals surface area contributed by atoms with Crippen molar-refractivity contribution >= 4 is 5.91 Å².